The van der Waals surface area contributed by atoms with E-state index in [1.165, 1.54) is 25.7 Å². The Morgan fingerprint density at radius 3 is 2.20 bits per heavy atom. The topological polar surface area (TPSA) is 23.8 Å². The molecule has 1 nitrogen and oxygen atoms in total. The second-order valence-electron chi connectivity index (χ2n) is 5.23. The van der Waals surface area contributed by atoms with Gasteiger partial charge in [0.2, 0.25) is 0 Å². The van der Waals surface area contributed by atoms with E-state index in [2.05, 4.69) is 36.6 Å². The van der Waals surface area contributed by atoms with Gasteiger partial charge < -0.3 is 0 Å². The lowest BCUT2D eigenvalue weighted by Crippen LogP contribution is -2.10. The highest BCUT2D eigenvalue weighted by Gasteiger charge is 2.16. The summed E-state index contributed by atoms with van der Waals surface area (Å²) in [7, 11) is 0. The standard InChI is InChI=1S/C19H19N/c1-2-16-7-9-17(10-8-16)5-3-4-6-18-11-13-19(15-20)14-12-18/h2-3,5,11-14,16-17H,1,7-10H2/b5-3+. The summed E-state index contributed by atoms with van der Waals surface area (Å²) in [5, 5.41) is 8.72. The number of nitrogens with zero attached hydrogens (tertiary/aromatic N) is 1. The van der Waals surface area contributed by atoms with Gasteiger partial charge in [-0.2, -0.15) is 5.26 Å². The van der Waals surface area contributed by atoms with Crippen LogP contribution in [0, 0.1) is 35.0 Å². The quantitative estimate of drug-likeness (QED) is 0.569. The van der Waals surface area contributed by atoms with Crippen molar-refractivity contribution < 1.29 is 0 Å². The van der Waals surface area contributed by atoms with Crippen LogP contribution in [0.1, 0.15) is 36.8 Å². The van der Waals surface area contributed by atoms with Gasteiger partial charge in [0.05, 0.1) is 11.6 Å². The highest BCUT2D eigenvalue weighted by atomic mass is 14.2. The van der Waals surface area contributed by atoms with Crippen LogP contribution in [0.15, 0.2) is 49.1 Å². The molecule has 1 aliphatic rings. The molecule has 0 aliphatic heterocycles. The molecule has 1 aromatic carbocycles. The first-order valence-electron chi connectivity index (χ1n) is 7.12. The molecular weight excluding hydrogens is 242 g/mol. The van der Waals surface area contributed by atoms with Crippen LogP contribution < -0.4 is 0 Å². The minimum atomic E-state index is 0.668. The van der Waals surface area contributed by atoms with Crippen molar-refractivity contribution in [2.45, 2.75) is 25.7 Å². The largest absolute Gasteiger partial charge is 0.192 e. The molecule has 0 unspecified atom stereocenters. The smallest absolute Gasteiger partial charge is 0.0991 e. The fourth-order valence-electron chi connectivity index (χ4n) is 2.51. The Morgan fingerprint density at radius 2 is 1.60 bits per heavy atom. The van der Waals surface area contributed by atoms with Crippen molar-refractivity contribution in [3.8, 4) is 17.9 Å². The minimum Gasteiger partial charge on any atom is -0.192 e. The van der Waals surface area contributed by atoms with Gasteiger partial charge in [-0.1, -0.05) is 24.0 Å². The summed E-state index contributed by atoms with van der Waals surface area (Å²) in [6.07, 6.45) is 11.3. The number of hydrogen-bond donors (Lipinski definition) is 0. The molecule has 0 bridgehead atoms. The Bertz CT molecular complexity index is 567. The Kier molecular flexibility index (Phi) is 5.22. The van der Waals surface area contributed by atoms with Gasteiger partial charge in [-0.3, -0.25) is 0 Å². The number of allylic oxidation sites excluding steroid dienone is 3. The molecule has 0 spiro atoms. The number of rotatable bonds is 2. The average Bonchev–Trinajstić information content (AvgIpc) is 2.53. The van der Waals surface area contributed by atoms with E-state index in [0.29, 0.717) is 17.4 Å². The van der Waals surface area contributed by atoms with Gasteiger partial charge in [0.1, 0.15) is 0 Å². The lowest BCUT2D eigenvalue weighted by molar-refractivity contribution is 0.357. The predicted molar refractivity (Wildman–Crippen MR) is 82.8 cm³/mol. The lowest BCUT2D eigenvalue weighted by Gasteiger charge is -2.23. The summed E-state index contributed by atoms with van der Waals surface area (Å²) in [6.45, 7) is 3.87. The molecule has 0 heterocycles. The third-order valence-electron chi connectivity index (χ3n) is 3.83. The van der Waals surface area contributed by atoms with E-state index in [1.807, 2.05) is 18.2 Å². The molecule has 2 rings (SSSR count). The summed E-state index contributed by atoms with van der Waals surface area (Å²) in [5.74, 6) is 7.55. The molecule has 0 saturated heterocycles. The molecule has 0 N–H and O–H groups in total. The summed E-state index contributed by atoms with van der Waals surface area (Å²) in [4.78, 5) is 0. The van der Waals surface area contributed by atoms with E-state index < -0.39 is 0 Å². The van der Waals surface area contributed by atoms with Gasteiger partial charge in [-0.15, -0.1) is 6.58 Å². The van der Waals surface area contributed by atoms with Gasteiger partial charge in [0, 0.05) is 5.56 Å². The van der Waals surface area contributed by atoms with E-state index in [-0.39, 0.29) is 0 Å². The molecule has 1 heteroatoms. The molecule has 0 aromatic heterocycles. The molecular formula is C19H19N. The van der Waals surface area contributed by atoms with E-state index >= 15 is 0 Å². The zero-order valence-corrected chi connectivity index (χ0v) is 11.7. The second kappa shape index (κ2) is 7.37. The van der Waals surface area contributed by atoms with Gasteiger partial charge in [-0.05, 0) is 67.9 Å². The fraction of sp³-hybridized carbons (Fsp3) is 0.316. The zero-order chi connectivity index (χ0) is 14.2. The molecule has 20 heavy (non-hydrogen) atoms. The highest BCUT2D eigenvalue weighted by Crippen LogP contribution is 2.29. The molecule has 0 radical (unpaired) electrons. The lowest BCUT2D eigenvalue weighted by atomic mass is 9.82. The maximum atomic E-state index is 8.72. The predicted octanol–water partition coefficient (Wildman–Crippen LogP) is 4.46. The number of hydrogen-bond acceptors (Lipinski definition) is 1. The van der Waals surface area contributed by atoms with E-state index in [0.717, 1.165) is 5.56 Å². The number of nitriles is 1. The van der Waals surface area contributed by atoms with Crippen molar-refractivity contribution in [3.05, 3.63) is 60.2 Å². The van der Waals surface area contributed by atoms with Crippen molar-refractivity contribution >= 4 is 0 Å². The van der Waals surface area contributed by atoms with Crippen LogP contribution in [0.3, 0.4) is 0 Å². The molecule has 1 aromatic rings. The van der Waals surface area contributed by atoms with Gasteiger partial charge in [-0.25, -0.2) is 0 Å². The zero-order valence-electron chi connectivity index (χ0n) is 11.7. The molecule has 1 fully saturated rings. The molecule has 0 amide bonds. The first kappa shape index (κ1) is 14.2. The Hall–Kier alpha value is -2.25. The first-order chi connectivity index (χ1) is 9.81. The Morgan fingerprint density at radius 1 is 1.00 bits per heavy atom. The monoisotopic (exact) mass is 261 g/mol. The van der Waals surface area contributed by atoms with E-state index in [1.54, 1.807) is 12.1 Å². The van der Waals surface area contributed by atoms with E-state index in [4.69, 9.17) is 5.26 Å². The summed E-state index contributed by atoms with van der Waals surface area (Å²) in [6, 6.07) is 9.46. The van der Waals surface area contributed by atoms with Crippen LogP contribution in [-0.4, -0.2) is 0 Å². The van der Waals surface area contributed by atoms with Crippen LogP contribution in [0.4, 0.5) is 0 Å². The van der Waals surface area contributed by atoms with Gasteiger partial charge in [0.25, 0.3) is 0 Å². The maximum Gasteiger partial charge on any atom is 0.0991 e. The first-order valence-corrected chi connectivity index (χ1v) is 7.12. The SMILES string of the molecule is C=CC1CCC(/C=C/C#Cc2ccc(C#N)cc2)CC1. The van der Waals surface area contributed by atoms with Crippen LogP contribution in [-0.2, 0) is 0 Å². The molecule has 0 atom stereocenters. The van der Waals surface area contributed by atoms with Crippen molar-refractivity contribution in [3.63, 3.8) is 0 Å². The third kappa shape index (κ3) is 4.15. The molecule has 100 valence electrons. The van der Waals surface area contributed by atoms with Gasteiger partial charge >= 0.3 is 0 Å². The van der Waals surface area contributed by atoms with Crippen LogP contribution >= 0.6 is 0 Å². The summed E-state index contributed by atoms with van der Waals surface area (Å²) >= 11 is 0. The Balaban J connectivity index is 1.86. The second-order valence-corrected chi connectivity index (χ2v) is 5.23. The van der Waals surface area contributed by atoms with Crippen LogP contribution in [0.2, 0.25) is 0 Å². The van der Waals surface area contributed by atoms with E-state index in [9.17, 15) is 0 Å². The fourth-order valence-corrected chi connectivity index (χ4v) is 2.51. The van der Waals surface area contributed by atoms with Gasteiger partial charge in [0.15, 0.2) is 0 Å². The molecule has 1 aliphatic carbocycles. The van der Waals surface area contributed by atoms with Crippen LogP contribution in [0.25, 0.3) is 0 Å². The normalized spacial score (nSPS) is 21.8. The average molecular weight is 261 g/mol. The van der Waals surface area contributed by atoms with Crippen LogP contribution in [0.5, 0.6) is 0 Å². The highest BCUT2D eigenvalue weighted by molar-refractivity contribution is 5.41. The minimum absolute atomic E-state index is 0.668. The van der Waals surface area contributed by atoms with Crippen molar-refractivity contribution in [2.24, 2.45) is 11.8 Å². The van der Waals surface area contributed by atoms with Crippen molar-refractivity contribution in [2.75, 3.05) is 0 Å². The summed E-state index contributed by atoms with van der Waals surface area (Å²) in [5.41, 5.74) is 1.62. The summed E-state index contributed by atoms with van der Waals surface area (Å²) < 4.78 is 0. The molecule has 1 saturated carbocycles. The maximum absolute atomic E-state index is 8.72. The van der Waals surface area contributed by atoms with Crippen molar-refractivity contribution in [1.29, 1.82) is 5.26 Å². The third-order valence-corrected chi connectivity index (χ3v) is 3.83. The Labute approximate surface area is 121 Å². The van der Waals surface area contributed by atoms with Crippen molar-refractivity contribution in [1.82, 2.24) is 0 Å². The number of benzene rings is 1.